The molecule has 2 aliphatic rings. The number of β-amino-alcohol motifs (C(OH)–C–C–N with tert-alkyl or cyclic N) is 1. The number of ether oxygens (including phenoxy) is 2. The second kappa shape index (κ2) is 13.8. The molecule has 0 radical (unpaired) electrons. The smallest absolute Gasteiger partial charge is 0.229 e. The minimum absolute atomic E-state index is 0.224. The maximum atomic E-state index is 9.29. The molecule has 2 aromatic heterocycles. The van der Waals surface area contributed by atoms with Gasteiger partial charge in [0.15, 0.2) is 5.82 Å². The zero-order valence-electron chi connectivity index (χ0n) is 25.2. The highest BCUT2D eigenvalue weighted by Gasteiger charge is 2.28. The Hall–Kier alpha value is -3.90. The predicted octanol–water partition coefficient (Wildman–Crippen LogP) is 4.68. The molecule has 1 aliphatic carbocycles. The van der Waals surface area contributed by atoms with Gasteiger partial charge in [0.1, 0.15) is 16.5 Å². The molecule has 2 aromatic carbocycles. The van der Waals surface area contributed by atoms with Crippen LogP contribution >= 0.6 is 11.6 Å². The Morgan fingerprint density at radius 2 is 1.89 bits per heavy atom. The minimum atomic E-state index is 0.224. The number of aliphatic hydroxyl groups excluding tert-OH is 1. The van der Waals surface area contributed by atoms with E-state index in [1.165, 1.54) is 11.1 Å². The van der Waals surface area contributed by atoms with Crippen molar-refractivity contribution in [3.63, 3.8) is 0 Å². The highest BCUT2D eigenvalue weighted by molar-refractivity contribution is 6.33. The summed E-state index contributed by atoms with van der Waals surface area (Å²) in [6.07, 6.45) is 9.37. The molecule has 0 spiro atoms. The van der Waals surface area contributed by atoms with Crippen LogP contribution in [-0.4, -0.2) is 94.2 Å². The van der Waals surface area contributed by atoms with Gasteiger partial charge in [0, 0.05) is 57.2 Å². The molecule has 0 amide bonds. The molecule has 0 saturated carbocycles. The number of methoxy groups -OCH3 is 2. The van der Waals surface area contributed by atoms with Crippen LogP contribution in [0.25, 0.3) is 5.69 Å². The number of rotatable bonds is 10. The Bertz CT molecular complexity index is 1560. The lowest BCUT2D eigenvalue weighted by Crippen LogP contribution is -2.51. The van der Waals surface area contributed by atoms with Gasteiger partial charge in [-0.3, -0.25) is 9.80 Å². The van der Waals surface area contributed by atoms with Crippen molar-refractivity contribution >= 4 is 34.7 Å². The first-order valence-electron chi connectivity index (χ1n) is 15.1. The summed E-state index contributed by atoms with van der Waals surface area (Å²) in [6.45, 7) is 5.09. The van der Waals surface area contributed by atoms with Gasteiger partial charge in [-0.2, -0.15) is 10.1 Å². The van der Waals surface area contributed by atoms with E-state index in [4.69, 9.17) is 26.1 Å². The lowest BCUT2D eigenvalue weighted by atomic mass is 9.98. The first kappa shape index (κ1) is 30.1. The van der Waals surface area contributed by atoms with Gasteiger partial charge in [0.05, 0.1) is 44.1 Å². The Morgan fingerprint density at radius 3 is 2.64 bits per heavy atom. The largest absolute Gasteiger partial charge is 0.497 e. The molecule has 1 saturated heterocycles. The van der Waals surface area contributed by atoms with Crippen molar-refractivity contribution in [2.75, 3.05) is 64.2 Å². The van der Waals surface area contributed by atoms with Gasteiger partial charge in [-0.25, -0.2) is 9.67 Å². The average Bonchev–Trinajstić information content (AvgIpc) is 3.50. The first-order chi connectivity index (χ1) is 21.6. The summed E-state index contributed by atoms with van der Waals surface area (Å²) < 4.78 is 13.2. The van der Waals surface area contributed by atoms with Gasteiger partial charge in [-0.15, -0.1) is 0 Å². The number of aromatic nitrogens is 4. The van der Waals surface area contributed by atoms with E-state index in [1.54, 1.807) is 31.3 Å². The zero-order chi connectivity index (χ0) is 30.5. The molecular weight excluding hydrogens is 580 g/mol. The Labute approximate surface area is 262 Å². The van der Waals surface area contributed by atoms with Crippen LogP contribution in [0.2, 0.25) is 5.02 Å². The summed E-state index contributed by atoms with van der Waals surface area (Å²) in [5, 5.41) is 20.8. The number of hydrogen-bond donors (Lipinski definition) is 3. The molecule has 3 heterocycles. The van der Waals surface area contributed by atoms with Crippen molar-refractivity contribution in [3.05, 3.63) is 71.1 Å². The molecule has 1 atom stereocenters. The van der Waals surface area contributed by atoms with Crippen LogP contribution in [0.15, 0.2) is 55.0 Å². The Balaban J connectivity index is 1.21. The quantitative estimate of drug-likeness (QED) is 0.217. The third-order valence-corrected chi connectivity index (χ3v) is 8.80. The molecule has 232 valence electrons. The monoisotopic (exact) mass is 618 g/mol. The molecular formula is C32H39ClN8O3. The number of halogens is 1. The fraction of sp³-hybridized carbons (Fsp3) is 0.406. The van der Waals surface area contributed by atoms with Gasteiger partial charge in [-0.1, -0.05) is 17.7 Å². The van der Waals surface area contributed by atoms with E-state index in [-0.39, 0.29) is 6.61 Å². The summed E-state index contributed by atoms with van der Waals surface area (Å²) in [6, 6.07) is 12.3. The zero-order valence-corrected chi connectivity index (χ0v) is 25.9. The second-order valence-electron chi connectivity index (χ2n) is 11.1. The van der Waals surface area contributed by atoms with Gasteiger partial charge >= 0.3 is 0 Å². The van der Waals surface area contributed by atoms with Crippen LogP contribution < -0.4 is 20.1 Å². The summed E-state index contributed by atoms with van der Waals surface area (Å²) in [5.41, 5.74) is 4.94. The lowest BCUT2D eigenvalue weighted by Gasteiger charge is -2.39. The van der Waals surface area contributed by atoms with Crippen LogP contribution in [0.1, 0.15) is 24.0 Å². The minimum Gasteiger partial charge on any atom is -0.497 e. The molecule has 1 aliphatic heterocycles. The van der Waals surface area contributed by atoms with Crippen LogP contribution in [0.3, 0.4) is 0 Å². The van der Waals surface area contributed by atoms with Crippen LogP contribution in [0.5, 0.6) is 11.5 Å². The number of benzene rings is 2. The maximum absolute atomic E-state index is 9.29. The van der Waals surface area contributed by atoms with Crippen molar-refractivity contribution in [2.24, 2.45) is 0 Å². The lowest BCUT2D eigenvalue weighted by molar-refractivity contribution is 0.0805. The fourth-order valence-electron chi connectivity index (χ4n) is 6.25. The molecule has 6 rings (SSSR count). The predicted molar refractivity (Wildman–Crippen MR) is 172 cm³/mol. The van der Waals surface area contributed by atoms with Crippen molar-refractivity contribution in [2.45, 2.75) is 31.7 Å². The molecule has 3 N–H and O–H groups in total. The molecule has 11 nitrogen and oxygen atoms in total. The van der Waals surface area contributed by atoms with E-state index >= 15 is 0 Å². The van der Waals surface area contributed by atoms with E-state index in [0.717, 1.165) is 81.2 Å². The molecule has 44 heavy (non-hydrogen) atoms. The van der Waals surface area contributed by atoms with E-state index < -0.39 is 0 Å². The molecule has 12 heteroatoms. The number of aliphatic hydroxyl groups is 1. The highest BCUT2D eigenvalue weighted by Crippen LogP contribution is 2.38. The summed E-state index contributed by atoms with van der Waals surface area (Å²) >= 11 is 6.55. The Morgan fingerprint density at radius 1 is 1.05 bits per heavy atom. The summed E-state index contributed by atoms with van der Waals surface area (Å²) in [4.78, 5) is 14.1. The number of nitrogens with one attached hydrogen (secondary N) is 2. The van der Waals surface area contributed by atoms with Gasteiger partial charge in [0.2, 0.25) is 5.95 Å². The third-order valence-electron chi connectivity index (χ3n) is 8.52. The highest BCUT2D eigenvalue weighted by atomic mass is 35.5. The number of piperazine rings is 1. The fourth-order valence-corrected chi connectivity index (χ4v) is 6.39. The van der Waals surface area contributed by atoms with Crippen LogP contribution in [-0.2, 0) is 12.8 Å². The first-order valence-corrected chi connectivity index (χ1v) is 15.4. The molecule has 4 aromatic rings. The van der Waals surface area contributed by atoms with E-state index in [9.17, 15) is 5.11 Å². The van der Waals surface area contributed by atoms with Crippen LogP contribution in [0, 0.1) is 0 Å². The van der Waals surface area contributed by atoms with Crippen molar-refractivity contribution < 1.29 is 14.6 Å². The van der Waals surface area contributed by atoms with E-state index in [1.807, 2.05) is 30.5 Å². The number of nitrogens with zero attached hydrogens (tertiary/aromatic N) is 6. The standard InChI is InChI=1S/C32H39ClN8O3/c1-43-24-8-10-27(29(20-24)41-12-4-11-35-41)36-31-26(33)21-34-32(38-31)37-28-9-7-22-19-23(5-3-6-25(22)30(28)44-2)40-15-13-39(14-16-40)17-18-42/h4,7-12,20-21,23,42H,3,5-6,13-19H2,1-2H3,(H2,34,36,37,38). The SMILES string of the molecule is COc1ccc(Nc2nc(Nc3ccc4c(c3OC)CCCC(N3CCN(CCO)CC3)C4)ncc2Cl)c(-n2cccn2)c1. The molecule has 0 bridgehead atoms. The van der Waals surface area contributed by atoms with Gasteiger partial charge in [0.25, 0.3) is 0 Å². The van der Waals surface area contributed by atoms with Crippen molar-refractivity contribution in [1.29, 1.82) is 0 Å². The van der Waals surface area contributed by atoms with E-state index in [2.05, 4.69) is 42.6 Å². The number of hydrogen-bond acceptors (Lipinski definition) is 10. The van der Waals surface area contributed by atoms with E-state index in [0.29, 0.717) is 28.6 Å². The average molecular weight is 619 g/mol. The Kier molecular flexibility index (Phi) is 9.46. The van der Waals surface area contributed by atoms with Crippen molar-refractivity contribution in [1.82, 2.24) is 29.5 Å². The number of fused-ring (bicyclic) bond motifs is 1. The van der Waals surface area contributed by atoms with Gasteiger partial charge in [-0.05, 0) is 61.1 Å². The molecule has 1 fully saturated rings. The van der Waals surface area contributed by atoms with Gasteiger partial charge < -0.3 is 25.2 Å². The summed E-state index contributed by atoms with van der Waals surface area (Å²) in [7, 11) is 3.35. The normalized spacial score (nSPS) is 17.5. The third kappa shape index (κ3) is 6.61. The topological polar surface area (TPSA) is 113 Å². The summed E-state index contributed by atoms with van der Waals surface area (Å²) in [5.74, 6) is 2.40. The molecule has 1 unspecified atom stereocenters. The maximum Gasteiger partial charge on any atom is 0.229 e. The second-order valence-corrected chi connectivity index (χ2v) is 11.5. The number of anilines is 4. The van der Waals surface area contributed by atoms with Crippen molar-refractivity contribution in [3.8, 4) is 17.2 Å². The van der Waals surface area contributed by atoms with Crippen LogP contribution in [0.4, 0.5) is 23.1 Å².